The summed E-state index contributed by atoms with van der Waals surface area (Å²) in [6, 6.07) is 4.78. The summed E-state index contributed by atoms with van der Waals surface area (Å²) in [5, 5.41) is 8.73. The minimum atomic E-state index is -1.07. The van der Waals surface area contributed by atoms with Gasteiger partial charge in [0.1, 0.15) is 0 Å². The van der Waals surface area contributed by atoms with Crippen molar-refractivity contribution < 1.29 is 28.9 Å². The molecule has 2 rings (SSSR count). The van der Waals surface area contributed by atoms with Gasteiger partial charge in [-0.1, -0.05) is 0 Å². The van der Waals surface area contributed by atoms with Crippen LogP contribution in [0.1, 0.15) is 30.1 Å². The average Bonchev–Trinajstić information content (AvgIpc) is 2.61. The van der Waals surface area contributed by atoms with E-state index in [0.29, 0.717) is 42.7 Å². The van der Waals surface area contributed by atoms with E-state index in [2.05, 4.69) is 0 Å². The van der Waals surface area contributed by atoms with Crippen molar-refractivity contribution in [1.29, 1.82) is 0 Å². The van der Waals surface area contributed by atoms with Crippen LogP contribution in [0.4, 0.5) is 0 Å². The number of carboxylic acid groups (broad SMARTS) is 1. The zero-order valence-electron chi connectivity index (χ0n) is 14.7. The Morgan fingerprint density at radius 3 is 2.76 bits per heavy atom. The summed E-state index contributed by atoms with van der Waals surface area (Å²) in [4.78, 5) is 25.0. The van der Waals surface area contributed by atoms with Gasteiger partial charge in [0.25, 0.3) is 5.91 Å². The van der Waals surface area contributed by atoms with Crippen LogP contribution in [0.15, 0.2) is 18.2 Å². The number of rotatable bonds is 8. The van der Waals surface area contributed by atoms with Crippen LogP contribution < -0.4 is 9.47 Å². The van der Waals surface area contributed by atoms with Crippen molar-refractivity contribution >= 4 is 11.9 Å². The van der Waals surface area contributed by atoms with E-state index in [1.54, 1.807) is 30.1 Å². The predicted molar refractivity (Wildman–Crippen MR) is 91.2 cm³/mol. The summed E-state index contributed by atoms with van der Waals surface area (Å²) >= 11 is 0. The number of carboxylic acids is 1. The largest absolute Gasteiger partial charge is 0.490 e. The van der Waals surface area contributed by atoms with Crippen LogP contribution in [0, 0.1) is 5.92 Å². The van der Waals surface area contributed by atoms with Gasteiger partial charge in [-0.25, -0.2) is 4.79 Å². The molecular formula is C18H25NO6. The van der Waals surface area contributed by atoms with E-state index >= 15 is 0 Å². The Labute approximate surface area is 147 Å². The van der Waals surface area contributed by atoms with Crippen LogP contribution in [0.3, 0.4) is 0 Å². The highest BCUT2D eigenvalue weighted by Gasteiger charge is 2.21. The van der Waals surface area contributed by atoms with Gasteiger partial charge in [-0.3, -0.25) is 4.79 Å². The number of carbonyl (C=O) groups excluding carboxylic acids is 1. The minimum Gasteiger partial charge on any atom is -0.490 e. The maximum Gasteiger partial charge on any atom is 0.341 e. The summed E-state index contributed by atoms with van der Waals surface area (Å²) in [6.45, 7) is 3.85. The Balaban J connectivity index is 2.07. The molecule has 1 atom stereocenters. The van der Waals surface area contributed by atoms with Gasteiger partial charge >= 0.3 is 5.97 Å². The number of benzene rings is 1. The average molecular weight is 351 g/mol. The van der Waals surface area contributed by atoms with E-state index in [-0.39, 0.29) is 5.91 Å². The Morgan fingerprint density at radius 1 is 1.32 bits per heavy atom. The number of carbonyl (C=O) groups is 2. The first-order chi connectivity index (χ1) is 12.0. The van der Waals surface area contributed by atoms with Gasteiger partial charge in [0.05, 0.1) is 13.2 Å². The lowest BCUT2D eigenvalue weighted by Crippen LogP contribution is -2.35. The highest BCUT2D eigenvalue weighted by molar-refractivity contribution is 5.94. The Bertz CT molecular complexity index is 597. The molecule has 1 heterocycles. The monoisotopic (exact) mass is 351 g/mol. The third-order valence-corrected chi connectivity index (χ3v) is 3.98. The second-order valence-electron chi connectivity index (χ2n) is 6.05. The summed E-state index contributed by atoms with van der Waals surface area (Å²) in [5.74, 6) is -0.159. The molecule has 0 spiro atoms. The molecule has 0 aromatic heterocycles. The van der Waals surface area contributed by atoms with Crippen LogP contribution in [-0.2, 0) is 9.53 Å². The third-order valence-electron chi connectivity index (χ3n) is 3.98. The Morgan fingerprint density at radius 2 is 2.12 bits per heavy atom. The molecule has 1 aromatic rings. The molecule has 1 amide bonds. The SMILES string of the molecule is CCOc1cc(C(=O)N(C)CC2CCCOC2)ccc1OCC(=O)O. The number of nitrogens with zero attached hydrogens (tertiary/aromatic N) is 1. The van der Waals surface area contributed by atoms with Gasteiger partial charge in [-0.2, -0.15) is 0 Å². The van der Waals surface area contributed by atoms with Crippen LogP contribution >= 0.6 is 0 Å². The normalized spacial score (nSPS) is 17.0. The van der Waals surface area contributed by atoms with Crippen molar-refractivity contribution in [2.24, 2.45) is 5.92 Å². The first kappa shape index (κ1) is 19.1. The van der Waals surface area contributed by atoms with Crippen LogP contribution in [0.25, 0.3) is 0 Å². The summed E-state index contributed by atoms with van der Waals surface area (Å²) in [5.41, 5.74) is 0.477. The van der Waals surface area contributed by atoms with Gasteiger partial charge in [0.2, 0.25) is 0 Å². The predicted octanol–water partition coefficient (Wildman–Crippen LogP) is 2.05. The Hall–Kier alpha value is -2.28. The molecule has 7 nitrogen and oxygen atoms in total. The molecule has 1 unspecified atom stereocenters. The zero-order chi connectivity index (χ0) is 18.2. The quantitative estimate of drug-likeness (QED) is 0.771. The first-order valence-corrected chi connectivity index (χ1v) is 8.46. The maximum absolute atomic E-state index is 12.6. The number of ether oxygens (including phenoxy) is 3. The van der Waals surface area contributed by atoms with Gasteiger partial charge in [-0.15, -0.1) is 0 Å². The molecule has 1 aliphatic heterocycles. The maximum atomic E-state index is 12.6. The first-order valence-electron chi connectivity index (χ1n) is 8.46. The molecule has 0 bridgehead atoms. The molecule has 0 radical (unpaired) electrons. The van der Waals surface area contributed by atoms with Gasteiger partial charge in [-0.05, 0) is 43.9 Å². The molecular weight excluding hydrogens is 326 g/mol. The highest BCUT2D eigenvalue weighted by Crippen LogP contribution is 2.29. The van der Waals surface area contributed by atoms with Crippen molar-refractivity contribution in [1.82, 2.24) is 4.90 Å². The van der Waals surface area contributed by atoms with E-state index in [1.165, 1.54) is 0 Å². The van der Waals surface area contributed by atoms with Crippen LogP contribution in [0.5, 0.6) is 11.5 Å². The highest BCUT2D eigenvalue weighted by atomic mass is 16.5. The van der Waals surface area contributed by atoms with Crippen molar-refractivity contribution in [3.8, 4) is 11.5 Å². The van der Waals surface area contributed by atoms with Crippen molar-refractivity contribution in [2.45, 2.75) is 19.8 Å². The molecule has 25 heavy (non-hydrogen) atoms. The fourth-order valence-electron chi connectivity index (χ4n) is 2.81. The van der Waals surface area contributed by atoms with Crippen molar-refractivity contribution in [3.63, 3.8) is 0 Å². The lowest BCUT2D eigenvalue weighted by Gasteiger charge is -2.27. The topological polar surface area (TPSA) is 85.3 Å². The molecule has 1 saturated heterocycles. The summed E-state index contributed by atoms with van der Waals surface area (Å²) in [7, 11) is 1.77. The van der Waals surface area contributed by atoms with Gasteiger partial charge in [0, 0.05) is 25.8 Å². The van der Waals surface area contributed by atoms with E-state index in [9.17, 15) is 9.59 Å². The van der Waals surface area contributed by atoms with Crippen molar-refractivity contribution in [2.75, 3.05) is 40.0 Å². The standard InChI is InChI=1S/C18H25NO6/c1-3-24-16-9-14(6-7-15(16)25-12-17(20)21)18(22)19(2)10-13-5-4-8-23-11-13/h6-7,9,13H,3-5,8,10-12H2,1-2H3,(H,20,21). The molecule has 0 aliphatic carbocycles. The summed E-state index contributed by atoms with van der Waals surface area (Å²) < 4.78 is 16.1. The molecule has 7 heteroatoms. The van der Waals surface area contributed by atoms with Crippen LogP contribution in [0.2, 0.25) is 0 Å². The third kappa shape index (κ3) is 5.63. The minimum absolute atomic E-state index is 0.115. The lowest BCUT2D eigenvalue weighted by atomic mass is 10.0. The van der Waals surface area contributed by atoms with Gasteiger partial charge < -0.3 is 24.2 Å². The van der Waals surface area contributed by atoms with Crippen molar-refractivity contribution in [3.05, 3.63) is 23.8 Å². The molecule has 1 fully saturated rings. The molecule has 138 valence electrons. The number of aliphatic carboxylic acids is 1. The number of hydrogen-bond acceptors (Lipinski definition) is 5. The second kappa shape index (κ2) is 9.27. The number of amides is 1. The Kier molecular flexibility index (Phi) is 7.06. The fraction of sp³-hybridized carbons (Fsp3) is 0.556. The molecule has 1 aromatic carbocycles. The van der Waals surface area contributed by atoms with E-state index < -0.39 is 12.6 Å². The smallest absolute Gasteiger partial charge is 0.341 e. The molecule has 0 saturated carbocycles. The zero-order valence-corrected chi connectivity index (χ0v) is 14.7. The second-order valence-corrected chi connectivity index (χ2v) is 6.05. The fourth-order valence-corrected chi connectivity index (χ4v) is 2.81. The summed E-state index contributed by atoms with van der Waals surface area (Å²) in [6.07, 6.45) is 2.08. The lowest BCUT2D eigenvalue weighted by molar-refractivity contribution is -0.139. The van der Waals surface area contributed by atoms with E-state index in [1.807, 2.05) is 6.92 Å². The van der Waals surface area contributed by atoms with E-state index in [4.69, 9.17) is 19.3 Å². The van der Waals surface area contributed by atoms with E-state index in [0.717, 1.165) is 19.4 Å². The van der Waals surface area contributed by atoms with Gasteiger partial charge in [0.15, 0.2) is 18.1 Å². The number of hydrogen-bond donors (Lipinski definition) is 1. The molecule has 1 N–H and O–H groups in total. The van der Waals surface area contributed by atoms with Crippen LogP contribution in [-0.4, -0.2) is 61.9 Å². The molecule has 1 aliphatic rings.